The summed E-state index contributed by atoms with van der Waals surface area (Å²) in [5.41, 5.74) is 2.92. The van der Waals surface area contributed by atoms with E-state index in [0.29, 0.717) is 29.5 Å². The molecular weight excluding hydrogens is 622 g/mol. The van der Waals surface area contributed by atoms with Crippen LogP contribution in [0.15, 0.2) is 109 Å². The summed E-state index contributed by atoms with van der Waals surface area (Å²) in [6.07, 6.45) is 2.01. The molecule has 2 amide bonds. The highest BCUT2D eigenvalue weighted by Crippen LogP contribution is 2.24. The first kappa shape index (κ1) is 34.5. The van der Waals surface area contributed by atoms with Crippen LogP contribution in [0.25, 0.3) is 0 Å². The van der Waals surface area contributed by atoms with Crippen molar-refractivity contribution >= 4 is 39.1 Å². The predicted molar refractivity (Wildman–Crippen MR) is 183 cm³/mol. The van der Waals surface area contributed by atoms with Gasteiger partial charge < -0.3 is 15.0 Å². The highest BCUT2D eigenvalue weighted by atomic mass is 35.5. The molecule has 0 fully saturated rings. The lowest BCUT2D eigenvalue weighted by Gasteiger charge is -2.34. The number of carbonyl (C=O) groups is 2. The van der Waals surface area contributed by atoms with Gasteiger partial charge in [-0.3, -0.25) is 13.9 Å². The Morgan fingerprint density at radius 2 is 1.41 bits per heavy atom. The highest BCUT2D eigenvalue weighted by Gasteiger charge is 2.33. The summed E-state index contributed by atoms with van der Waals surface area (Å²) in [6.45, 7) is 3.80. The van der Waals surface area contributed by atoms with E-state index in [0.717, 1.165) is 27.3 Å². The average Bonchev–Trinajstić information content (AvgIpc) is 3.05. The van der Waals surface area contributed by atoms with Gasteiger partial charge in [-0.15, -0.1) is 0 Å². The van der Waals surface area contributed by atoms with E-state index in [2.05, 4.69) is 5.32 Å². The zero-order chi connectivity index (χ0) is 33.1. The number of anilines is 1. The van der Waals surface area contributed by atoms with E-state index in [-0.39, 0.29) is 24.9 Å². The van der Waals surface area contributed by atoms with Gasteiger partial charge in [0.2, 0.25) is 21.8 Å². The number of sulfonamides is 1. The average molecular weight is 662 g/mol. The number of ether oxygens (including phenoxy) is 1. The molecule has 1 N–H and O–H groups in total. The second kappa shape index (κ2) is 16.3. The third-order valence-corrected chi connectivity index (χ3v) is 8.98. The molecule has 4 rings (SSSR count). The third kappa shape index (κ3) is 10.1. The molecule has 8 nitrogen and oxygen atoms in total. The van der Waals surface area contributed by atoms with Gasteiger partial charge in [0.05, 0.1) is 11.9 Å². The zero-order valence-electron chi connectivity index (χ0n) is 26.3. The number of halogens is 1. The van der Waals surface area contributed by atoms with E-state index < -0.39 is 28.5 Å². The van der Waals surface area contributed by atoms with E-state index >= 15 is 0 Å². The maximum absolute atomic E-state index is 14.3. The Kier molecular flexibility index (Phi) is 12.2. The van der Waals surface area contributed by atoms with Gasteiger partial charge >= 0.3 is 0 Å². The van der Waals surface area contributed by atoms with Crippen LogP contribution < -0.4 is 14.4 Å². The van der Waals surface area contributed by atoms with Crippen LogP contribution in [-0.4, -0.2) is 50.0 Å². The van der Waals surface area contributed by atoms with Gasteiger partial charge in [0.15, 0.2) is 0 Å². The summed E-state index contributed by atoms with van der Waals surface area (Å²) >= 11 is 6.13. The molecule has 0 radical (unpaired) electrons. The van der Waals surface area contributed by atoms with Gasteiger partial charge in [-0.25, -0.2) is 8.42 Å². The fraction of sp³-hybridized carbons (Fsp3) is 0.278. The maximum Gasteiger partial charge on any atom is 0.244 e. The smallest absolute Gasteiger partial charge is 0.244 e. The van der Waals surface area contributed by atoms with E-state index in [1.165, 1.54) is 4.90 Å². The largest absolute Gasteiger partial charge is 0.489 e. The van der Waals surface area contributed by atoms with Crippen LogP contribution in [0.2, 0.25) is 5.02 Å². The summed E-state index contributed by atoms with van der Waals surface area (Å²) in [7, 11) is -3.89. The lowest BCUT2D eigenvalue weighted by Crippen LogP contribution is -2.54. The van der Waals surface area contributed by atoms with Crippen molar-refractivity contribution in [3.05, 3.63) is 131 Å². The Morgan fingerprint density at radius 3 is 1.98 bits per heavy atom. The van der Waals surface area contributed by atoms with Crippen LogP contribution in [0.3, 0.4) is 0 Å². The molecule has 0 saturated carbocycles. The molecule has 0 heterocycles. The third-order valence-electron chi connectivity index (χ3n) is 7.59. The highest BCUT2D eigenvalue weighted by molar-refractivity contribution is 7.92. The summed E-state index contributed by atoms with van der Waals surface area (Å²) in [6, 6.07) is 31.7. The first-order chi connectivity index (χ1) is 22.0. The Hall–Kier alpha value is -4.34. The lowest BCUT2D eigenvalue weighted by molar-refractivity contribution is -0.140. The van der Waals surface area contributed by atoms with Crippen molar-refractivity contribution < 1.29 is 22.7 Å². The first-order valence-corrected chi connectivity index (χ1v) is 17.4. The standard InChI is InChI=1S/C36H40ClN3O5S/c1-4-27(2)38-36(42)34(23-28-11-7-5-8-12-28)39(24-29-15-17-31(37)18-16-29)35(41)25-40(46(3,43)44)32-19-21-33(22-20-32)45-26-30-13-9-6-10-14-30/h5-22,27,34H,4,23-26H2,1-3H3,(H,38,42)/t27-,34-/m0/s1. The number of nitrogens with zero attached hydrogens (tertiary/aromatic N) is 2. The summed E-state index contributed by atoms with van der Waals surface area (Å²) in [5.74, 6) is -0.280. The summed E-state index contributed by atoms with van der Waals surface area (Å²) in [5, 5.41) is 3.56. The molecule has 0 spiro atoms. The SMILES string of the molecule is CC[C@H](C)NC(=O)[C@H](Cc1ccccc1)N(Cc1ccc(Cl)cc1)C(=O)CN(c1ccc(OCc2ccccc2)cc1)S(C)(=O)=O. The molecule has 0 bridgehead atoms. The molecule has 10 heteroatoms. The number of hydrogen-bond acceptors (Lipinski definition) is 5. The van der Waals surface area contributed by atoms with E-state index in [1.54, 1.807) is 48.5 Å². The number of rotatable bonds is 15. The minimum Gasteiger partial charge on any atom is -0.489 e. The number of carbonyl (C=O) groups excluding carboxylic acids is 2. The topological polar surface area (TPSA) is 96.0 Å². The second-order valence-corrected chi connectivity index (χ2v) is 13.6. The Labute approximate surface area is 277 Å². The van der Waals surface area contributed by atoms with E-state index in [1.807, 2.05) is 74.5 Å². The molecule has 4 aromatic carbocycles. The van der Waals surface area contributed by atoms with Gasteiger partial charge in [-0.1, -0.05) is 91.3 Å². The molecule has 0 aliphatic rings. The molecule has 46 heavy (non-hydrogen) atoms. The molecule has 0 aliphatic carbocycles. The van der Waals surface area contributed by atoms with Gasteiger partial charge in [0.25, 0.3) is 0 Å². The molecule has 4 aromatic rings. The van der Waals surface area contributed by atoms with Crippen molar-refractivity contribution in [1.82, 2.24) is 10.2 Å². The quantitative estimate of drug-likeness (QED) is 0.163. The molecule has 0 saturated heterocycles. The minimum atomic E-state index is -3.89. The van der Waals surface area contributed by atoms with Crippen molar-refractivity contribution in [2.75, 3.05) is 17.1 Å². The Balaban J connectivity index is 1.64. The second-order valence-electron chi connectivity index (χ2n) is 11.2. The van der Waals surface area contributed by atoms with E-state index in [9.17, 15) is 18.0 Å². The van der Waals surface area contributed by atoms with Crippen molar-refractivity contribution in [3.63, 3.8) is 0 Å². The van der Waals surface area contributed by atoms with Crippen molar-refractivity contribution in [2.45, 2.75) is 51.9 Å². The van der Waals surface area contributed by atoms with Gasteiger partial charge in [0, 0.05) is 24.0 Å². The van der Waals surface area contributed by atoms with Crippen LogP contribution >= 0.6 is 11.6 Å². The maximum atomic E-state index is 14.3. The molecule has 2 atom stereocenters. The van der Waals surface area contributed by atoms with Gasteiger partial charge in [-0.05, 0) is 66.4 Å². The molecule has 0 aromatic heterocycles. The predicted octanol–water partition coefficient (Wildman–Crippen LogP) is 6.24. The van der Waals surface area contributed by atoms with Crippen LogP contribution in [0.1, 0.15) is 37.0 Å². The Bertz CT molecular complexity index is 1670. The number of nitrogens with one attached hydrogen (secondary N) is 1. The Morgan fingerprint density at radius 1 is 0.826 bits per heavy atom. The van der Waals surface area contributed by atoms with Crippen LogP contribution in [-0.2, 0) is 39.2 Å². The molecular formula is C36H40ClN3O5S. The van der Waals surface area contributed by atoms with E-state index in [4.69, 9.17) is 16.3 Å². The van der Waals surface area contributed by atoms with Crippen LogP contribution in [0, 0.1) is 0 Å². The summed E-state index contributed by atoms with van der Waals surface area (Å²) < 4.78 is 33.1. The molecule has 0 unspecified atom stereocenters. The lowest BCUT2D eigenvalue weighted by atomic mass is 10.0. The van der Waals surface area contributed by atoms with Gasteiger partial charge in [-0.2, -0.15) is 0 Å². The number of benzene rings is 4. The molecule has 242 valence electrons. The van der Waals surface area contributed by atoms with Crippen LogP contribution in [0.4, 0.5) is 5.69 Å². The van der Waals surface area contributed by atoms with Gasteiger partial charge in [0.1, 0.15) is 24.9 Å². The summed E-state index contributed by atoms with van der Waals surface area (Å²) in [4.78, 5) is 29.5. The minimum absolute atomic E-state index is 0.0747. The number of hydrogen-bond donors (Lipinski definition) is 1. The van der Waals surface area contributed by atoms with Crippen molar-refractivity contribution in [3.8, 4) is 5.75 Å². The normalized spacial score (nSPS) is 12.5. The van der Waals surface area contributed by atoms with Crippen LogP contribution in [0.5, 0.6) is 5.75 Å². The van der Waals surface area contributed by atoms with Crippen molar-refractivity contribution in [2.24, 2.45) is 0 Å². The fourth-order valence-corrected chi connectivity index (χ4v) is 5.82. The fourth-order valence-electron chi connectivity index (χ4n) is 4.84. The molecule has 0 aliphatic heterocycles. The first-order valence-electron chi connectivity index (χ1n) is 15.2. The zero-order valence-corrected chi connectivity index (χ0v) is 27.9. The van der Waals surface area contributed by atoms with Crippen molar-refractivity contribution in [1.29, 1.82) is 0 Å². The number of amides is 2. The monoisotopic (exact) mass is 661 g/mol.